The highest BCUT2D eigenvalue weighted by molar-refractivity contribution is 7.71. The molecule has 0 bridgehead atoms. The SMILES string of the molecule is CCN(Cn1nc(-c2ccc(C)cc2)n(C)c1=S)C1CCCCC1. The molecule has 0 radical (unpaired) electrons. The maximum atomic E-state index is 5.64. The number of aromatic nitrogens is 3. The van der Waals surface area contributed by atoms with Gasteiger partial charge in [-0.3, -0.25) is 4.90 Å². The molecule has 1 aliphatic rings. The van der Waals surface area contributed by atoms with Gasteiger partial charge < -0.3 is 4.57 Å². The minimum atomic E-state index is 0.676. The molecule has 1 aromatic carbocycles. The van der Waals surface area contributed by atoms with Crippen molar-refractivity contribution in [2.75, 3.05) is 6.54 Å². The van der Waals surface area contributed by atoms with Gasteiger partial charge >= 0.3 is 0 Å². The van der Waals surface area contributed by atoms with Crippen molar-refractivity contribution in [3.63, 3.8) is 0 Å². The number of benzene rings is 1. The van der Waals surface area contributed by atoms with Gasteiger partial charge in [-0.05, 0) is 38.5 Å². The predicted octanol–water partition coefficient (Wildman–Crippen LogP) is 4.54. The van der Waals surface area contributed by atoms with Crippen LogP contribution >= 0.6 is 12.2 Å². The monoisotopic (exact) mass is 344 g/mol. The predicted molar refractivity (Wildman–Crippen MR) is 101 cm³/mol. The first-order chi connectivity index (χ1) is 11.6. The van der Waals surface area contributed by atoms with Crippen LogP contribution in [0.25, 0.3) is 11.4 Å². The van der Waals surface area contributed by atoms with Crippen molar-refractivity contribution in [2.45, 2.75) is 58.7 Å². The molecule has 1 aliphatic carbocycles. The van der Waals surface area contributed by atoms with Gasteiger partial charge in [0.15, 0.2) is 10.6 Å². The lowest BCUT2D eigenvalue weighted by Crippen LogP contribution is -2.38. The molecule has 0 spiro atoms. The second kappa shape index (κ2) is 7.62. The van der Waals surface area contributed by atoms with Crippen LogP contribution in [0.4, 0.5) is 0 Å². The van der Waals surface area contributed by atoms with Gasteiger partial charge in [0.05, 0.1) is 6.67 Å². The third-order valence-corrected chi connectivity index (χ3v) is 5.65. The quantitative estimate of drug-likeness (QED) is 0.745. The minimum Gasteiger partial charge on any atom is -0.303 e. The molecule has 0 atom stereocenters. The van der Waals surface area contributed by atoms with Crippen LogP contribution in [0.3, 0.4) is 0 Å². The number of nitrogens with zero attached hydrogens (tertiary/aromatic N) is 4. The van der Waals surface area contributed by atoms with Crippen molar-refractivity contribution >= 4 is 12.2 Å². The van der Waals surface area contributed by atoms with Gasteiger partial charge in [-0.25, -0.2) is 4.68 Å². The number of hydrogen-bond donors (Lipinski definition) is 0. The van der Waals surface area contributed by atoms with Gasteiger partial charge in [0.2, 0.25) is 0 Å². The van der Waals surface area contributed by atoms with Crippen LogP contribution in [0.2, 0.25) is 0 Å². The van der Waals surface area contributed by atoms with Gasteiger partial charge in [-0.15, -0.1) is 0 Å². The van der Waals surface area contributed by atoms with E-state index in [1.54, 1.807) is 0 Å². The number of hydrogen-bond acceptors (Lipinski definition) is 3. The summed E-state index contributed by atoms with van der Waals surface area (Å²) in [5.74, 6) is 0.944. The summed E-state index contributed by atoms with van der Waals surface area (Å²) in [6.07, 6.45) is 6.69. The summed E-state index contributed by atoms with van der Waals surface area (Å²) in [5, 5.41) is 4.83. The van der Waals surface area contributed by atoms with Gasteiger partial charge in [-0.2, -0.15) is 5.10 Å². The lowest BCUT2D eigenvalue weighted by molar-refractivity contribution is 0.119. The first-order valence-electron chi connectivity index (χ1n) is 9.05. The van der Waals surface area contributed by atoms with Crippen molar-refractivity contribution in [3.8, 4) is 11.4 Å². The maximum Gasteiger partial charge on any atom is 0.199 e. The molecule has 3 rings (SSSR count). The Labute approximate surface area is 150 Å². The molecule has 1 aromatic heterocycles. The van der Waals surface area contributed by atoms with Gasteiger partial charge in [0.1, 0.15) is 0 Å². The van der Waals surface area contributed by atoms with E-state index in [2.05, 4.69) is 43.0 Å². The summed E-state index contributed by atoms with van der Waals surface area (Å²) in [7, 11) is 2.01. The highest BCUT2D eigenvalue weighted by atomic mass is 32.1. The summed E-state index contributed by atoms with van der Waals surface area (Å²) in [5.41, 5.74) is 2.38. The summed E-state index contributed by atoms with van der Waals surface area (Å²) in [6, 6.07) is 9.16. The second-order valence-electron chi connectivity index (χ2n) is 6.87. The summed E-state index contributed by atoms with van der Waals surface area (Å²) >= 11 is 5.64. The van der Waals surface area contributed by atoms with Crippen molar-refractivity contribution < 1.29 is 0 Å². The van der Waals surface area contributed by atoms with Gasteiger partial charge in [0, 0.05) is 18.7 Å². The second-order valence-corrected chi connectivity index (χ2v) is 7.23. The molecule has 1 fully saturated rings. The van der Waals surface area contributed by atoms with Crippen molar-refractivity contribution in [2.24, 2.45) is 7.05 Å². The molecular weight excluding hydrogens is 316 g/mol. The zero-order chi connectivity index (χ0) is 17.1. The Morgan fingerprint density at radius 2 is 1.83 bits per heavy atom. The smallest absolute Gasteiger partial charge is 0.199 e. The zero-order valence-electron chi connectivity index (χ0n) is 15.0. The molecule has 1 heterocycles. The molecule has 0 saturated heterocycles. The summed E-state index contributed by atoms with van der Waals surface area (Å²) in [4.78, 5) is 2.53. The molecule has 0 amide bonds. The Morgan fingerprint density at radius 1 is 1.17 bits per heavy atom. The molecule has 130 valence electrons. The van der Waals surface area contributed by atoms with Crippen LogP contribution in [0.5, 0.6) is 0 Å². The maximum absolute atomic E-state index is 5.64. The largest absolute Gasteiger partial charge is 0.303 e. The van der Waals surface area contributed by atoms with Crippen LogP contribution in [-0.2, 0) is 13.7 Å². The van der Waals surface area contributed by atoms with E-state index in [4.69, 9.17) is 17.3 Å². The van der Waals surface area contributed by atoms with Crippen LogP contribution in [0.15, 0.2) is 24.3 Å². The molecule has 24 heavy (non-hydrogen) atoms. The van der Waals surface area contributed by atoms with E-state index >= 15 is 0 Å². The highest BCUT2D eigenvalue weighted by Crippen LogP contribution is 2.23. The number of rotatable bonds is 5. The average molecular weight is 345 g/mol. The summed E-state index contributed by atoms with van der Waals surface area (Å²) in [6.45, 7) is 6.18. The topological polar surface area (TPSA) is 26.0 Å². The molecule has 0 aliphatic heterocycles. The molecule has 4 nitrogen and oxygen atoms in total. The third kappa shape index (κ3) is 3.62. The Balaban J connectivity index is 1.84. The van der Waals surface area contributed by atoms with E-state index < -0.39 is 0 Å². The van der Waals surface area contributed by atoms with E-state index in [-0.39, 0.29) is 0 Å². The first-order valence-corrected chi connectivity index (χ1v) is 9.46. The Kier molecular flexibility index (Phi) is 5.51. The molecule has 2 aromatic rings. The molecular formula is C19H28N4S. The lowest BCUT2D eigenvalue weighted by Gasteiger charge is -2.33. The van der Waals surface area contributed by atoms with Gasteiger partial charge in [-0.1, -0.05) is 56.0 Å². The molecule has 0 N–H and O–H groups in total. The van der Waals surface area contributed by atoms with Crippen LogP contribution in [-0.4, -0.2) is 31.8 Å². The van der Waals surface area contributed by atoms with E-state index in [1.807, 2.05) is 16.3 Å². The molecule has 1 saturated carbocycles. The fourth-order valence-electron chi connectivity index (χ4n) is 3.63. The highest BCUT2D eigenvalue weighted by Gasteiger charge is 2.21. The average Bonchev–Trinajstić information content (AvgIpc) is 2.89. The van der Waals surface area contributed by atoms with Crippen LogP contribution < -0.4 is 0 Å². The van der Waals surface area contributed by atoms with Gasteiger partial charge in [0.25, 0.3) is 0 Å². The standard InChI is InChI=1S/C19H28N4S/c1-4-22(17-8-6-5-7-9-17)14-23-19(24)21(3)18(20-23)16-12-10-15(2)11-13-16/h10-13,17H,4-9,14H2,1-3H3. The summed E-state index contributed by atoms with van der Waals surface area (Å²) < 4.78 is 4.80. The van der Waals surface area contributed by atoms with Crippen molar-refractivity contribution in [1.82, 2.24) is 19.2 Å². The number of aryl methyl sites for hydroxylation is 1. The lowest BCUT2D eigenvalue weighted by atomic mass is 9.94. The molecule has 0 unspecified atom stereocenters. The van der Waals surface area contributed by atoms with E-state index in [0.717, 1.165) is 29.4 Å². The zero-order valence-corrected chi connectivity index (χ0v) is 15.9. The van der Waals surface area contributed by atoms with Crippen LogP contribution in [0.1, 0.15) is 44.6 Å². The van der Waals surface area contributed by atoms with E-state index in [1.165, 1.54) is 37.7 Å². The first kappa shape index (κ1) is 17.4. The van der Waals surface area contributed by atoms with E-state index in [9.17, 15) is 0 Å². The normalized spacial score (nSPS) is 16.0. The Morgan fingerprint density at radius 3 is 2.46 bits per heavy atom. The third-order valence-electron chi connectivity index (χ3n) is 5.16. The van der Waals surface area contributed by atoms with E-state index in [0.29, 0.717) is 6.04 Å². The fraction of sp³-hybridized carbons (Fsp3) is 0.579. The minimum absolute atomic E-state index is 0.676. The fourth-order valence-corrected chi connectivity index (χ4v) is 3.81. The Bertz CT molecular complexity index is 723. The Hall–Kier alpha value is -1.46. The van der Waals surface area contributed by atoms with Crippen molar-refractivity contribution in [1.29, 1.82) is 0 Å². The van der Waals surface area contributed by atoms with Crippen molar-refractivity contribution in [3.05, 3.63) is 34.6 Å². The molecule has 5 heteroatoms. The van der Waals surface area contributed by atoms with Crippen LogP contribution in [0, 0.1) is 11.7 Å².